The van der Waals surface area contributed by atoms with Crippen molar-refractivity contribution in [2.75, 3.05) is 13.2 Å². The maximum atomic E-state index is 13.3. The highest BCUT2D eigenvalue weighted by Crippen LogP contribution is 2.20. The minimum atomic E-state index is -0.495. The maximum absolute atomic E-state index is 13.3. The molecule has 5 nitrogen and oxygen atoms in total. The Bertz CT molecular complexity index is 889. The van der Waals surface area contributed by atoms with Gasteiger partial charge in [0.05, 0.1) is 0 Å². The molecule has 5 heteroatoms. The summed E-state index contributed by atoms with van der Waals surface area (Å²) < 4.78 is 5.84. The summed E-state index contributed by atoms with van der Waals surface area (Å²) in [7, 11) is 0. The highest BCUT2D eigenvalue weighted by Gasteiger charge is 2.30. The fraction of sp³-hybridized carbons (Fsp3) is 0.517. The largest absolute Gasteiger partial charge is 0.484 e. The van der Waals surface area contributed by atoms with E-state index in [0.717, 1.165) is 31.2 Å². The Morgan fingerprint density at radius 3 is 2.29 bits per heavy atom. The van der Waals surface area contributed by atoms with Crippen LogP contribution in [0.25, 0.3) is 0 Å². The van der Waals surface area contributed by atoms with Crippen LogP contribution in [-0.2, 0) is 16.0 Å². The second-order valence-electron chi connectivity index (χ2n) is 9.60. The molecule has 1 atom stereocenters. The Morgan fingerprint density at radius 2 is 1.68 bits per heavy atom. The van der Waals surface area contributed by atoms with Crippen molar-refractivity contribution in [2.45, 2.75) is 83.7 Å². The number of hydrogen-bond acceptors (Lipinski definition) is 3. The first-order valence-corrected chi connectivity index (χ1v) is 12.8. The number of carbonyl (C=O) groups is 2. The second-order valence-corrected chi connectivity index (χ2v) is 9.60. The van der Waals surface area contributed by atoms with Gasteiger partial charge in [0.2, 0.25) is 5.91 Å². The third kappa shape index (κ3) is 7.61. The Morgan fingerprint density at radius 1 is 1.00 bits per heavy atom. The van der Waals surface area contributed by atoms with E-state index in [0.29, 0.717) is 31.1 Å². The van der Waals surface area contributed by atoms with Crippen LogP contribution in [0.4, 0.5) is 0 Å². The molecule has 1 aliphatic carbocycles. The molecule has 184 valence electrons. The topological polar surface area (TPSA) is 58.6 Å². The summed E-state index contributed by atoms with van der Waals surface area (Å²) in [5.74, 6) is 0.907. The predicted octanol–water partition coefficient (Wildman–Crippen LogP) is 5.49. The molecule has 0 saturated heterocycles. The molecule has 0 radical (unpaired) electrons. The number of hydrogen-bond donors (Lipinski definition) is 1. The average Bonchev–Trinajstić information content (AvgIpc) is 2.86. The van der Waals surface area contributed by atoms with Gasteiger partial charge in [-0.05, 0) is 54.9 Å². The van der Waals surface area contributed by atoms with E-state index in [2.05, 4.69) is 31.3 Å². The van der Waals surface area contributed by atoms with Crippen LogP contribution >= 0.6 is 0 Å². The third-order valence-corrected chi connectivity index (χ3v) is 6.73. The summed E-state index contributed by atoms with van der Waals surface area (Å²) in [5.41, 5.74) is 2.38. The molecular formula is C29H40N2O3. The molecule has 1 aliphatic rings. The fourth-order valence-electron chi connectivity index (χ4n) is 4.62. The molecule has 0 spiro atoms. The SMILES string of the molecule is CCC(C(=O)NC1CCCCC1)N(CCc1ccccc1)C(=O)COc1ccc(C(C)C)cc1. The fourth-order valence-corrected chi connectivity index (χ4v) is 4.62. The third-order valence-electron chi connectivity index (χ3n) is 6.73. The first-order chi connectivity index (χ1) is 16.5. The zero-order valence-electron chi connectivity index (χ0n) is 21.0. The molecule has 1 saturated carbocycles. The van der Waals surface area contributed by atoms with Crippen LogP contribution < -0.4 is 10.1 Å². The van der Waals surface area contributed by atoms with Crippen molar-refractivity contribution in [1.82, 2.24) is 10.2 Å². The molecule has 34 heavy (non-hydrogen) atoms. The maximum Gasteiger partial charge on any atom is 0.261 e. The number of nitrogens with zero attached hydrogens (tertiary/aromatic N) is 1. The van der Waals surface area contributed by atoms with Crippen LogP contribution in [-0.4, -0.2) is 41.9 Å². The molecule has 2 aromatic carbocycles. The molecule has 1 fully saturated rings. The lowest BCUT2D eigenvalue weighted by Gasteiger charge is -2.32. The lowest BCUT2D eigenvalue weighted by atomic mass is 9.95. The van der Waals surface area contributed by atoms with Gasteiger partial charge in [0.1, 0.15) is 11.8 Å². The van der Waals surface area contributed by atoms with E-state index in [9.17, 15) is 9.59 Å². The van der Waals surface area contributed by atoms with Gasteiger partial charge in [-0.25, -0.2) is 0 Å². The molecule has 0 aromatic heterocycles. The summed E-state index contributed by atoms with van der Waals surface area (Å²) in [6.07, 6.45) is 6.86. The number of benzene rings is 2. The number of carbonyl (C=O) groups excluding carboxylic acids is 2. The lowest BCUT2D eigenvalue weighted by molar-refractivity contribution is -0.142. The summed E-state index contributed by atoms with van der Waals surface area (Å²) >= 11 is 0. The van der Waals surface area contributed by atoms with Gasteiger partial charge in [0.15, 0.2) is 6.61 Å². The van der Waals surface area contributed by atoms with Crippen LogP contribution in [0.1, 0.15) is 76.3 Å². The van der Waals surface area contributed by atoms with Crippen molar-refractivity contribution < 1.29 is 14.3 Å². The van der Waals surface area contributed by atoms with Crippen molar-refractivity contribution in [3.05, 3.63) is 65.7 Å². The Labute approximate surface area is 204 Å². The molecule has 1 N–H and O–H groups in total. The molecule has 1 unspecified atom stereocenters. The van der Waals surface area contributed by atoms with Crippen LogP contribution in [0.15, 0.2) is 54.6 Å². The average molecular weight is 465 g/mol. The Hall–Kier alpha value is -2.82. The van der Waals surface area contributed by atoms with Crippen LogP contribution in [0.2, 0.25) is 0 Å². The van der Waals surface area contributed by atoms with Gasteiger partial charge in [-0.15, -0.1) is 0 Å². The minimum Gasteiger partial charge on any atom is -0.484 e. The van der Waals surface area contributed by atoms with Crippen LogP contribution in [0.5, 0.6) is 5.75 Å². The number of nitrogens with one attached hydrogen (secondary N) is 1. The van der Waals surface area contributed by atoms with Gasteiger partial charge in [-0.2, -0.15) is 0 Å². The highest BCUT2D eigenvalue weighted by atomic mass is 16.5. The molecule has 0 aliphatic heterocycles. The van der Waals surface area contributed by atoms with E-state index in [4.69, 9.17) is 4.74 Å². The van der Waals surface area contributed by atoms with Gasteiger partial charge >= 0.3 is 0 Å². The first-order valence-electron chi connectivity index (χ1n) is 12.8. The lowest BCUT2D eigenvalue weighted by Crippen LogP contribution is -2.53. The van der Waals surface area contributed by atoms with Gasteiger partial charge in [0.25, 0.3) is 5.91 Å². The van der Waals surface area contributed by atoms with Crippen molar-refractivity contribution in [3.8, 4) is 5.75 Å². The summed E-state index contributed by atoms with van der Waals surface area (Å²) in [4.78, 5) is 28.3. The predicted molar refractivity (Wildman–Crippen MR) is 137 cm³/mol. The van der Waals surface area contributed by atoms with E-state index in [-0.39, 0.29) is 24.5 Å². The first kappa shape index (κ1) is 25.8. The standard InChI is InChI=1S/C29H40N2O3/c1-4-27(29(33)30-25-13-9-6-10-14-25)31(20-19-23-11-7-5-8-12-23)28(32)21-34-26-17-15-24(16-18-26)22(2)3/h5,7-8,11-12,15-18,22,25,27H,4,6,9-10,13-14,19-21H2,1-3H3,(H,30,33). The minimum absolute atomic E-state index is 0.0444. The summed E-state index contributed by atoms with van der Waals surface area (Å²) in [6, 6.07) is 17.7. The van der Waals surface area contributed by atoms with Gasteiger partial charge in [0, 0.05) is 12.6 Å². The monoisotopic (exact) mass is 464 g/mol. The van der Waals surface area contributed by atoms with E-state index in [1.807, 2.05) is 49.4 Å². The number of amides is 2. The zero-order chi connectivity index (χ0) is 24.3. The quantitative estimate of drug-likeness (QED) is 0.479. The van der Waals surface area contributed by atoms with E-state index >= 15 is 0 Å². The summed E-state index contributed by atoms with van der Waals surface area (Å²) in [5, 5.41) is 3.22. The molecule has 0 bridgehead atoms. The summed E-state index contributed by atoms with van der Waals surface area (Å²) in [6.45, 7) is 6.66. The number of rotatable bonds is 11. The van der Waals surface area contributed by atoms with Crippen molar-refractivity contribution in [2.24, 2.45) is 0 Å². The normalized spacial score (nSPS) is 15.1. The van der Waals surface area contributed by atoms with E-state index in [1.54, 1.807) is 4.90 Å². The van der Waals surface area contributed by atoms with E-state index < -0.39 is 6.04 Å². The number of ether oxygens (including phenoxy) is 1. The molecule has 0 heterocycles. The molecular weight excluding hydrogens is 424 g/mol. The van der Waals surface area contributed by atoms with Gasteiger partial charge < -0.3 is 15.0 Å². The van der Waals surface area contributed by atoms with Crippen molar-refractivity contribution in [3.63, 3.8) is 0 Å². The molecule has 2 aromatic rings. The molecule has 2 amide bonds. The highest BCUT2D eigenvalue weighted by molar-refractivity contribution is 5.88. The van der Waals surface area contributed by atoms with E-state index in [1.165, 1.54) is 12.0 Å². The Kier molecular flexibility index (Phi) is 9.99. The van der Waals surface area contributed by atoms with Crippen molar-refractivity contribution >= 4 is 11.8 Å². The van der Waals surface area contributed by atoms with Gasteiger partial charge in [-0.1, -0.05) is 82.5 Å². The second kappa shape index (κ2) is 13.2. The van der Waals surface area contributed by atoms with Crippen molar-refractivity contribution in [1.29, 1.82) is 0 Å². The zero-order valence-corrected chi connectivity index (χ0v) is 21.0. The smallest absolute Gasteiger partial charge is 0.261 e. The molecule has 3 rings (SSSR count). The van der Waals surface area contributed by atoms with Crippen LogP contribution in [0, 0.1) is 0 Å². The van der Waals surface area contributed by atoms with Crippen LogP contribution in [0.3, 0.4) is 0 Å². The Balaban J connectivity index is 1.68. The van der Waals surface area contributed by atoms with Gasteiger partial charge in [-0.3, -0.25) is 9.59 Å².